The molecule has 0 saturated carbocycles. The predicted octanol–water partition coefficient (Wildman–Crippen LogP) is 5.13. The highest BCUT2D eigenvalue weighted by atomic mass is 19.4. The third kappa shape index (κ3) is 4.82. The van der Waals surface area contributed by atoms with E-state index in [2.05, 4.69) is 9.97 Å². The lowest BCUT2D eigenvalue weighted by Gasteiger charge is -2.39. The van der Waals surface area contributed by atoms with Crippen LogP contribution in [-0.2, 0) is 18.4 Å². The van der Waals surface area contributed by atoms with E-state index in [0.717, 1.165) is 0 Å². The summed E-state index contributed by atoms with van der Waals surface area (Å²) in [5, 5.41) is 11.1. The third-order valence-electron chi connectivity index (χ3n) is 6.64. The summed E-state index contributed by atoms with van der Waals surface area (Å²) in [6.45, 7) is 2.59. The van der Waals surface area contributed by atoms with Gasteiger partial charge in [0.25, 0.3) is 0 Å². The number of methoxy groups -OCH3 is 1. The van der Waals surface area contributed by atoms with Crippen LogP contribution in [-0.4, -0.2) is 44.3 Å². The first-order valence-electron chi connectivity index (χ1n) is 11.4. The summed E-state index contributed by atoms with van der Waals surface area (Å²) in [6, 6.07) is 8.34. The maximum absolute atomic E-state index is 14.4. The lowest BCUT2D eigenvalue weighted by molar-refractivity contribution is -0.271. The molecule has 0 bridgehead atoms. The van der Waals surface area contributed by atoms with Gasteiger partial charge in [-0.3, -0.25) is 4.79 Å². The second-order valence-corrected chi connectivity index (χ2v) is 9.66. The van der Waals surface area contributed by atoms with Crippen LogP contribution in [0.4, 0.5) is 13.2 Å². The van der Waals surface area contributed by atoms with E-state index in [0.29, 0.717) is 53.2 Å². The van der Waals surface area contributed by atoms with Crippen molar-refractivity contribution in [2.24, 2.45) is 0 Å². The number of nitrogens with zero attached hydrogens (tertiary/aromatic N) is 3. The average Bonchev–Trinajstić information content (AvgIpc) is 3.22. The number of fused-ring (bicyclic) bond motifs is 1. The van der Waals surface area contributed by atoms with Crippen LogP contribution >= 0.6 is 0 Å². The van der Waals surface area contributed by atoms with Crippen LogP contribution in [0.2, 0.25) is 0 Å². The van der Waals surface area contributed by atoms with Crippen LogP contribution in [0.3, 0.4) is 0 Å². The Morgan fingerprint density at radius 3 is 2.49 bits per heavy atom. The van der Waals surface area contributed by atoms with Gasteiger partial charge in [-0.2, -0.15) is 13.2 Å². The summed E-state index contributed by atoms with van der Waals surface area (Å²) in [7, 11) is 1.45. The highest BCUT2D eigenvalue weighted by molar-refractivity contribution is 5.98. The van der Waals surface area contributed by atoms with E-state index in [-0.39, 0.29) is 5.78 Å². The first-order valence-corrected chi connectivity index (χ1v) is 11.4. The maximum atomic E-state index is 14.4. The largest absolute Gasteiger partial charge is 0.496 e. The van der Waals surface area contributed by atoms with Crippen molar-refractivity contribution < 1.29 is 27.8 Å². The first kappa shape index (κ1) is 24.9. The Hall–Kier alpha value is -3.20. The molecule has 2 heterocycles. The van der Waals surface area contributed by atoms with Gasteiger partial charge in [-0.15, -0.1) is 0 Å². The van der Waals surface area contributed by atoms with Crippen molar-refractivity contribution in [3.8, 4) is 17.1 Å². The molecule has 1 aliphatic rings. The van der Waals surface area contributed by atoms with Gasteiger partial charge in [0.1, 0.15) is 5.75 Å². The van der Waals surface area contributed by atoms with E-state index in [9.17, 15) is 23.1 Å². The standard InChI is InChI=1S/C26H28F3N3O3/c1-24(2,19-14-17(8-9-22(19)35-3)23-30-11-5-12-31-23)15-25(34,26(27,28)29)16-32-13-10-18-20(32)6-4-7-21(18)33/h5,8-14,34H,4,6-7,15-16H2,1-3H3. The number of carbonyl (C=O) groups is 1. The zero-order valence-corrected chi connectivity index (χ0v) is 19.9. The lowest BCUT2D eigenvalue weighted by Crippen LogP contribution is -2.52. The number of ether oxygens (including phenoxy) is 1. The number of rotatable bonds is 7. The summed E-state index contributed by atoms with van der Waals surface area (Å²) in [6.07, 6.45) is 0.563. The number of hydrogen-bond acceptors (Lipinski definition) is 5. The molecule has 3 aromatic rings. The van der Waals surface area contributed by atoms with Gasteiger partial charge in [-0.05, 0) is 55.0 Å². The molecule has 0 radical (unpaired) electrons. The fourth-order valence-electron chi connectivity index (χ4n) is 4.91. The van der Waals surface area contributed by atoms with E-state index in [1.54, 1.807) is 56.6 Å². The Labute approximate surface area is 201 Å². The zero-order valence-electron chi connectivity index (χ0n) is 19.9. The van der Waals surface area contributed by atoms with Gasteiger partial charge >= 0.3 is 6.18 Å². The van der Waals surface area contributed by atoms with E-state index < -0.39 is 30.2 Å². The Kier molecular flexibility index (Phi) is 6.48. The molecule has 9 heteroatoms. The van der Waals surface area contributed by atoms with Crippen LogP contribution in [0.25, 0.3) is 11.4 Å². The van der Waals surface area contributed by atoms with Gasteiger partial charge in [0.15, 0.2) is 17.2 Å². The van der Waals surface area contributed by atoms with Crippen molar-refractivity contribution in [2.45, 2.75) is 63.3 Å². The number of hydrogen-bond donors (Lipinski definition) is 1. The Balaban J connectivity index is 1.72. The molecular weight excluding hydrogens is 459 g/mol. The molecule has 35 heavy (non-hydrogen) atoms. The van der Waals surface area contributed by atoms with Gasteiger partial charge in [-0.1, -0.05) is 13.8 Å². The number of benzene rings is 1. The zero-order chi connectivity index (χ0) is 25.4. The Morgan fingerprint density at radius 2 is 1.83 bits per heavy atom. The number of aliphatic hydroxyl groups is 1. The molecule has 186 valence electrons. The summed E-state index contributed by atoms with van der Waals surface area (Å²) in [4.78, 5) is 20.6. The molecule has 0 saturated heterocycles. The van der Waals surface area contributed by atoms with Crippen LogP contribution in [0.1, 0.15) is 54.7 Å². The first-order chi connectivity index (χ1) is 16.4. The second-order valence-electron chi connectivity index (χ2n) is 9.66. The van der Waals surface area contributed by atoms with Crippen LogP contribution in [0.15, 0.2) is 48.9 Å². The number of alkyl halides is 3. The van der Waals surface area contributed by atoms with Crippen LogP contribution in [0, 0.1) is 0 Å². The number of aromatic nitrogens is 3. The summed E-state index contributed by atoms with van der Waals surface area (Å²) < 4.78 is 50.0. The second kappa shape index (κ2) is 9.11. The summed E-state index contributed by atoms with van der Waals surface area (Å²) in [5.74, 6) is 0.760. The van der Waals surface area contributed by atoms with E-state index in [4.69, 9.17) is 4.74 Å². The molecule has 1 atom stereocenters. The number of ketones is 1. The van der Waals surface area contributed by atoms with Crippen molar-refractivity contribution in [3.05, 3.63) is 65.7 Å². The molecule has 0 amide bonds. The molecular formula is C26H28F3N3O3. The van der Waals surface area contributed by atoms with Gasteiger partial charge in [0, 0.05) is 47.4 Å². The SMILES string of the molecule is COc1ccc(-c2ncccn2)cc1C(C)(C)CC(O)(Cn1ccc2c1CCCC2=O)C(F)(F)F. The predicted molar refractivity (Wildman–Crippen MR) is 124 cm³/mol. The Morgan fingerprint density at radius 1 is 1.11 bits per heavy atom. The molecule has 1 unspecified atom stereocenters. The minimum Gasteiger partial charge on any atom is -0.496 e. The van der Waals surface area contributed by atoms with Crippen LogP contribution in [0.5, 0.6) is 5.75 Å². The lowest BCUT2D eigenvalue weighted by atomic mass is 9.74. The highest BCUT2D eigenvalue weighted by Crippen LogP contribution is 2.45. The van der Waals surface area contributed by atoms with Crippen molar-refractivity contribution in [2.75, 3.05) is 7.11 Å². The summed E-state index contributed by atoms with van der Waals surface area (Å²) >= 11 is 0. The topological polar surface area (TPSA) is 77.2 Å². The van der Waals surface area contributed by atoms with Crippen molar-refractivity contribution in [1.82, 2.24) is 14.5 Å². The number of halogens is 3. The highest BCUT2D eigenvalue weighted by Gasteiger charge is 2.56. The smallest absolute Gasteiger partial charge is 0.418 e. The van der Waals surface area contributed by atoms with Crippen molar-refractivity contribution in [3.63, 3.8) is 0 Å². The van der Waals surface area contributed by atoms with Gasteiger partial charge < -0.3 is 14.4 Å². The molecule has 0 spiro atoms. The van der Waals surface area contributed by atoms with Gasteiger partial charge in [-0.25, -0.2) is 9.97 Å². The van der Waals surface area contributed by atoms with E-state index in [1.807, 2.05) is 0 Å². The quantitative estimate of drug-likeness (QED) is 0.500. The molecule has 1 aromatic carbocycles. The fourth-order valence-corrected chi connectivity index (χ4v) is 4.91. The van der Waals surface area contributed by atoms with Gasteiger partial charge in [0.05, 0.1) is 13.7 Å². The van der Waals surface area contributed by atoms with Crippen molar-refractivity contribution >= 4 is 5.78 Å². The molecule has 2 aromatic heterocycles. The van der Waals surface area contributed by atoms with E-state index in [1.165, 1.54) is 17.9 Å². The molecule has 1 aliphatic carbocycles. The molecule has 6 nitrogen and oxygen atoms in total. The minimum absolute atomic E-state index is 0.0782. The summed E-state index contributed by atoms with van der Waals surface area (Å²) in [5.41, 5.74) is -2.09. The van der Waals surface area contributed by atoms with Crippen LogP contribution < -0.4 is 4.74 Å². The van der Waals surface area contributed by atoms with Gasteiger partial charge in [0.2, 0.25) is 0 Å². The Bertz CT molecular complexity index is 1220. The number of Topliss-reactive ketones (excluding diaryl/α,β-unsaturated/α-hetero) is 1. The molecule has 4 rings (SSSR count). The maximum Gasteiger partial charge on any atom is 0.418 e. The normalized spacial score (nSPS) is 16.0. The molecule has 1 N–H and O–H groups in total. The third-order valence-corrected chi connectivity index (χ3v) is 6.64. The molecule has 0 aliphatic heterocycles. The average molecular weight is 488 g/mol. The monoisotopic (exact) mass is 487 g/mol. The number of carbonyl (C=O) groups excluding carboxylic acids is 1. The molecule has 0 fully saturated rings. The fraction of sp³-hybridized carbons (Fsp3) is 0.423. The van der Waals surface area contributed by atoms with E-state index >= 15 is 0 Å². The van der Waals surface area contributed by atoms with Crippen molar-refractivity contribution in [1.29, 1.82) is 0 Å². The minimum atomic E-state index is -4.91.